The van der Waals surface area contributed by atoms with Gasteiger partial charge in [0.25, 0.3) is 0 Å². The van der Waals surface area contributed by atoms with E-state index < -0.39 is 0 Å². The lowest BCUT2D eigenvalue weighted by Gasteiger charge is -2.19. The molecule has 0 fully saturated rings. The number of allylic oxidation sites excluding steroid dienone is 4. The smallest absolute Gasteiger partial charge is 0.00526 e. The summed E-state index contributed by atoms with van der Waals surface area (Å²) < 4.78 is 0. The second-order valence-corrected chi connectivity index (χ2v) is 5.17. The van der Waals surface area contributed by atoms with Gasteiger partial charge in [-0.15, -0.1) is 0 Å². The first kappa shape index (κ1) is 11.6. The Bertz CT molecular complexity index is 262. The van der Waals surface area contributed by atoms with Gasteiger partial charge in [0, 0.05) is 0 Å². The molecule has 0 N–H and O–H groups in total. The van der Waals surface area contributed by atoms with E-state index in [9.17, 15) is 0 Å². The Morgan fingerprint density at radius 3 is 1.79 bits per heavy atom. The van der Waals surface area contributed by atoms with Gasteiger partial charge < -0.3 is 0 Å². The summed E-state index contributed by atoms with van der Waals surface area (Å²) in [6, 6.07) is 0. The Kier molecular flexibility index (Phi) is 3.58. The molecule has 0 nitrogen and oxygen atoms in total. The Morgan fingerprint density at radius 1 is 0.857 bits per heavy atom. The third kappa shape index (κ3) is 2.10. The molecule has 0 saturated heterocycles. The lowest BCUT2D eigenvalue weighted by atomic mass is 9.86. The highest BCUT2D eigenvalue weighted by atomic mass is 14.3. The quantitative estimate of drug-likeness (QED) is 0.621. The average Bonchev–Trinajstić information content (AvgIpc) is 2.46. The zero-order chi connectivity index (χ0) is 10.9. The fraction of sp³-hybridized carbons (Fsp3) is 0.714. The summed E-state index contributed by atoms with van der Waals surface area (Å²) in [6.07, 6.45) is 4.63. The maximum Gasteiger partial charge on any atom is -0.00526 e. The Morgan fingerprint density at radius 2 is 1.43 bits per heavy atom. The molecule has 0 aliphatic heterocycles. The molecule has 0 aromatic carbocycles. The van der Waals surface area contributed by atoms with Gasteiger partial charge in [0.1, 0.15) is 0 Å². The molecule has 79 valence electrons. The molecule has 0 saturated carbocycles. The van der Waals surface area contributed by atoms with Crippen molar-refractivity contribution in [1.29, 1.82) is 0 Å². The van der Waals surface area contributed by atoms with Crippen LogP contribution in [0.15, 0.2) is 16.7 Å². The van der Waals surface area contributed by atoms with Crippen molar-refractivity contribution in [3.63, 3.8) is 0 Å². The molecule has 0 spiro atoms. The second kappa shape index (κ2) is 4.33. The van der Waals surface area contributed by atoms with Crippen molar-refractivity contribution in [1.82, 2.24) is 0 Å². The zero-order valence-corrected chi connectivity index (χ0v) is 10.4. The molecule has 0 bridgehead atoms. The van der Waals surface area contributed by atoms with Crippen LogP contribution < -0.4 is 0 Å². The van der Waals surface area contributed by atoms with Crippen LogP contribution in [0.1, 0.15) is 48.0 Å². The van der Waals surface area contributed by atoms with Gasteiger partial charge in [0.05, 0.1) is 0 Å². The fourth-order valence-corrected chi connectivity index (χ4v) is 2.27. The standard InChI is InChI=1S/C14H23/c1-9(2)12-7-8-13(10(3)4)14(12)11(5)6/h9-11H,7H2,1-6H3. The summed E-state index contributed by atoms with van der Waals surface area (Å²) in [4.78, 5) is 0. The molecule has 1 aliphatic carbocycles. The summed E-state index contributed by atoms with van der Waals surface area (Å²) >= 11 is 0. The van der Waals surface area contributed by atoms with Crippen LogP contribution in [0.4, 0.5) is 0 Å². The van der Waals surface area contributed by atoms with E-state index in [0.717, 1.165) is 6.42 Å². The van der Waals surface area contributed by atoms with Crippen molar-refractivity contribution in [2.45, 2.75) is 48.0 Å². The van der Waals surface area contributed by atoms with Crippen molar-refractivity contribution in [2.24, 2.45) is 17.8 Å². The van der Waals surface area contributed by atoms with Crippen LogP contribution in [0.25, 0.3) is 0 Å². The van der Waals surface area contributed by atoms with Crippen molar-refractivity contribution < 1.29 is 0 Å². The molecule has 0 amide bonds. The average molecular weight is 191 g/mol. The summed E-state index contributed by atoms with van der Waals surface area (Å²) in [5, 5.41) is 0. The minimum absolute atomic E-state index is 0.628. The summed E-state index contributed by atoms with van der Waals surface area (Å²) in [5.74, 6) is 1.96. The van der Waals surface area contributed by atoms with E-state index in [1.807, 2.05) is 0 Å². The van der Waals surface area contributed by atoms with Crippen molar-refractivity contribution in [3.05, 3.63) is 22.8 Å². The Balaban J connectivity index is 3.04. The van der Waals surface area contributed by atoms with Gasteiger partial charge in [0.15, 0.2) is 0 Å². The molecule has 1 radical (unpaired) electrons. The first-order chi connectivity index (χ1) is 6.45. The van der Waals surface area contributed by atoms with E-state index in [1.165, 1.54) is 5.57 Å². The van der Waals surface area contributed by atoms with Crippen LogP contribution in [0.2, 0.25) is 0 Å². The fourth-order valence-electron chi connectivity index (χ4n) is 2.27. The molecule has 0 aromatic heterocycles. The molecule has 14 heavy (non-hydrogen) atoms. The van der Waals surface area contributed by atoms with E-state index in [-0.39, 0.29) is 0 Å². The van der Waals surface area contributed by atoms with Gasteiger partial charge in [0.2, 0.25) is 0 Å². The van der Waals surface area contributed by atoms with Crippen LogP contribution in [0.3, 0.4) is 0 Å². The lowest BCUT2D eigenvalue weighted by molar-refractivity contribution is 0.671. The van der Waals surface area contributed by atoms with Gasteiger partial charge in [-0.25, -0.2) is 0 Å². The maximum absolute atomic E-state index is 3.56. The lowest BCUT2D eigenvalue weighted by Crippen LogP contribution is -2.05. The molecular formula is C14H23. The van der Waals surface area contributed by atoms with E-state index in [2.05, 4.69) is 47.6 Å². The van der Waals surface area contributed by atoms with Gasteiger partial charge in [-0.05, 0) is 41.4 Å². The van der Waals surface area contributed by atoms with Crippen molar-refractivity contribution in [2.75, 3.05) is 0 Å². The number of hydrogen-bond acceptors (Lipinski definition) is 0. The van der Waals surface area contributed by atoms with Crippen LogP contribution in [0, 0.1) is 23.8 Å². The van der Waals surface area contributed by atoms with Gasteiger partial charge in [-0.2, -0.15) is 0 Å². The highest BCUT2D eigenvalue weighted by Crippen LogP contribution is 2.38. The highest BCUT2D eigenvalue weighted by Gasteiger charge is 2.23. The van der Waals surface area contributed by atoms with Crippen LogP contribution in [-0.4, -0.2) is 0 Å². The van der Waals surface area contributed by atoms with Crippen LogP contribution >= 0.6 is 0 Å². The minimum atomic E-state index is 0.628. The van der Waals surface area contributed by atoms with E-state index in [0.29, 0.717) is 17.8 Å². The summed E-state index contributed by atoms with van der Waals surface area (Å²) in [6.45, 7) is 13.7. The zero-order valence-electron chi connectivity index (χ0n) is 10.4. The third-order valence-corrected chi connectivity index (χ3v) is 2.96. The number of rotatable bonds is 3. The molecule has 0 heterocycles. The van der Waals surface area contributed by atoms with Gasteiger partial charge >= 0.3 is 0 Å². The molecule has 0 unspecified atom stereocenters. The third-order valence-electron chi connectivity index (χ3n) is 2.96. The van der Waals surface area contributed by atoms with Crippen molar-refractivity contribution >= 4 is 0 Å². The van der Waals surface area contributed by atoms with Crippen LogP contribution in [0.5, 0.6) is 0 Å². The van der Waals surface area contributed by atoms with Crippen LogP contribution in [-0.2, 0) is 0 Å². The normalized spacial score (nSPS) is 17.6. The highest BCUT2D eigenvalue weighted by molar-refractivity contribution is 5.42. The second-order valence-electron chi connectivity index (χ2n) is 5.17. The number of hydrogen-bond donors (Lipinski definition) is 0. The topological polar surface area (TPSA) is 0 Å². The molecule has 1 rings (SSSR count). The van der Waals surface area contributed by atoms with Gasteiger partial charge in [-0.3, -0.25) is 0 Å². The first-order valence-corrected chi connectivity index (χ1v) is 5.79. The molecule has 0 aromatic rings. The summed E-state index contributed by atoms with van der Waals surface area (Å²) in [7, 11) is 0. The maximum atomic E-state index is 3.56. The molecule has 0 heteroatoms. The van der Waals surface area contributed by atoms with Gasteiger partial charge in [-0.1, -0.05) is 47.1 Å². The summed E-state index contributed by atoms with van der Waals surface area (Å²) in [5.41, 5.74) is 4.68. The first-order valence-electron chi connectivity index (χ1n) is 5.79. The van der Waals surface area contributed by atoms with E-state index in [4.69, 9.17) is 0 Å². The van der Waals surface area contributed by atoms with E-state index >= 15 is 0 Å². The monoisotopic (exact) mass is 191 g/mol. The molecule has 0 atom stereocenters. The molecular weight excluding hydrogens is 168 g/mol. The Labute approximate surface area is 89.1 Å². The predicted octanol–water partition coefficient (Wildman–Crippen LogP) is 4.38. The largest absolute Gasteiger partial charge is 0.0595 e. The molecule has 1 aliphatic rings. The Hall–Kier alpha value is -0.520. The van der Waals surface area contributed by atoms with E-state index in [1.54, 1.807) is 11.1 Å². The van der Waals surface area contributed by atoms with Crippen molar-refractivity contribution in [3.8, 4) is 0 Å². The predicted molar refractivity (Wildman–Crippen MR) is 62.9 cm³/mol. The minimum Gasteiger partial charge on any atom is -0.0595 e. The SMILES string of the molecule is CC(C)C1=[C]CC(C(C)C)=C1C(C)C.